The molecule has 2 aromatic carbocycles. The summed E-state index contributed by atoms with van der Waals surface area (Å²) in [5.74, 6) is -0.790. The molecule has 2 aliphatic heterocycles. The Kier molecular flexibility index (Phi) is 5.52. The first-order valence-corrected chi connectivity index (χ1v) is 11.2. The predicted molar refractivity (Wildman–Crippen MR) is 130 cm³/mol. The first-order valence-electron chi connectivity index (χ1n) is 11.2. The van der Waals surface area contributed by atoms with Gasteiger partial charge in [-0.3, -0.25) is 20.4 Å². The third kappa shape index (κ3) is 3.79. The van der Waals surface area contributed by atoms with Crippen molar-refractivity contribution in [2.45, 2.75) is 13.0 Å². The van der Waals surface area contributed by atoms with Gasteiger partial charge in [0.1, 0.15) is 17.9 Å². The average molecular weight is 467 g/mol. The summed E-state index contributed by atoms with van der Waals surface area (Å²) in [5, 5.41) is 0.119. The summed E-state index contributed by atoms with van der Waals surface area (Å²) >= 11 is 0. The molecule has 1 fully saturated rings. The van der Waals surface area contributed by atoms with Crippen LogP contribution in [0.2, 0.25) is 0 Å². The van der Waals surface area contributed by atoms with Crippen LogP contribution in [0.3, 0.4) is 0 Å². The van der Waals surface area contributed by atoms with Gasteiger partial charge >= 0.3 is 0 Å². The standard InChI is InChI=1S/C24H27FN6O3/c1-14-13-34-23-20-17(11-19(25)21(23)30-8-6-29(2)7-9-30)22(32)18(12-31(14)20)24(33)28-27-16-5-3-4-15(26)10-16/h3-5,10-12,14,27H,6-9,13,26H2,1-2H3,(H,28,33). The summed E-state index contributed by atoms with van der Waals surface area (Å²) in [7, 11) is 2.03. The fourth-order valence-corrected chi connectivity index (χ4v) is 4.51. The molecule has 10 heteroatoms. The summed E-state index contributed by atoms with van der Waals surface area (Å²) in [6.07, 6.45) is 1.53. The van der Waals surface area contributed by atoms with Gasteiger partial charge in [-0.2, -0.15) is 0 Å². The van der Waals surface area contributed by atoms with Crippen LogP contribution < -0.4 is 31.7 Å². The molecule has 0 saturated carbocycles. The molecule has 0 spiro atoms. The largest absolute Gasteiger partial charge is 0.487 e. The van der Waals surface area contributed by atoms with Crippen LogP contribution in [0.15, 0.2) is 41.3 Å². The number of rotatable bonds is 4. The third-order valence-corrected chi connectivity index (χ3v) is 6.41. The van der Waals surface area contributed by atoms with E-state index in [-0.39, 0.29) is 17.0 Å². The minimum atomic E-state index is -0.623. The Balaban J connectivity index is 1.56. The number of halogens is 1. The number of pyridine rings is 1. The van der Waals surface area contributed by atoms with E-state index in [2.05, 4.69) is 15.8 Å². The predicted octanol–water partition coefficient (Wildman–Crippen LogP) is 2.18. The van der Waals surface area contributed by atoms with E-state index in [4.69, 9.17) is 10.5 Å². The van der Waals surface area contributed by atoms with Gasteiger partial charge in [0.15, 0.2) is 11.6 Å². The zero-order chi connectivity index (χ0) is 24.0. The lowest BCUT2D eigenvalue weighted by molar-refractivity contribution is 0.0960. The topological polar surface area (TPSA) is 105 Å². The van der Waals surface area contributed by atoms with Crippen molar-refractivity contribution in [3.8, 4) is 5.75 Å². The van der Waals surface area contributed by atoms with Crippen LogP contribution in [-0.2, 0) is 0 Å². The van der Waals surface area contributed by atoms with Crippen molar-refractivity contribution in [3.05, 3.63) is 58.1 Å². The number of nitrogens with two attached hydrogens (primary N) is 1. The maximum atomic E-state index is 15.4. The van der Waals surface area contributed by atoms with Gasteiger partial charge in [-0.05, 0) is 38.2 Å². The number of hydrogen-bond donors (Lipinski definition) is 3. The molecular formula is C24H27FN6O3. The summed E-state index contributed by atoms with van der Waals surface area (Å²) < 4.78 is 23.2. The van der Waals surface area contributed by atoms with Crippen LogP contribution in [0, 0.1) is 5.82 Å². The smallest absolute Gasteiger partial charge is 0.275 e. The molecule has 1 saturated heterocycles. The molecule has 3 aromatic rings. The Morgan fingerprint density at radius 2 is 1.97 bits per heavy atom. The molecule has 4 N–H and O–H groups in total. The van der Waals surface area contributed by atoms with Gasteiger partial charge in [-0.1, -0.05) is 6.07 Å². The van der Waals surface area contributed by atoms with E-state index in [9.17, 15) is 9.59 Å². The first-order chi connectivity index (χ1) is 16.3. The van der Waals surface area contributed by atoms with Crippen LogP contribution in [0.1, 0.15) is 23.3 Å². The summed E-state index contributed by atoms with van der Waals surface area (Å²) in [4.78, 5) is 30.4. The number of benzene rings is 2. The lowest BCUT2D eigenvalue weighted by Crippen LogP contribution is -2.45. The number of hydrogen-bond acceptors (Lipinski definition) is 7. The fraction of sp³-hybridized carbons (Fsp3) is 0.333. The average Bonchev–Trinajstić information content (AvgIpc) is 2.82. The maximum absolute atomic E-state index is 15.4. The maximum Gasteiger partial charge on any atom is 0.275 e. The number of aromatic nitrogens is 1. The number of carbonyl (C=O) groups excluding carboxylic acids is 1. The highest BCUT2D eigenvalue weighted by Crippen LogP contribution is 2.42. The zero-order valence-electron chi connectivity index (χ0n) is 19.1. The molecule has 1 aromatic heterocycles. The second-order valence-electron chi connectivity index (χ2n) is 8.87. The van der Waals surface area contributed by atoms with E-state index in [1.807, 2.05) is 23.4 Å². The van der Waals surface area contributed by atoms with Crippen LogP contribution >= 0.6 is 0 Å². The van der Waals surface area contributed by atoms with E-state index < -0.39 is 17.2 Å². The molecule has 9 nitrogen and oxygen atoms in total. The van der Waals surface area contributed by atoms with Gasteiger partial charge in [0.05, 0.1) is 22.6 Å². The fourth-order valence-electron chi connectivity index (χ4n) is 4.51. The van der Waals surface area contributed by atoms with Gasteiger partial charge < -0.3 is 24.8 Å². The number of carbonyl (C=O) groups is 1. The van der Waals surface area contributed by atoms with Crippen molar-refractivity contribution in [2.24, 2.45) is 0 Å². The number of ether oxygens (including phenoxy) is 1. The van der Waals surface area contributed by atoms with E-state index >= 15 is 4.39 Å². The number of anilines is 3. The third-order valence-electron chi connectivity index (χ3n) is 6.41. The molecular weight excluding hydrogens is 439 g/mol. The van der Waals surface area contributed by atoms with Gasteiger partial charge in [0.2, 0.25) is 5.43 Å². The minimum absolute atomic E-state index is 0.0876. The molecule has 178 valence electrons. The van der Waals surface area contributed by atoms with Crippen molar-refractivity contribution < 1.29 is 13.9 Å². The van der Waals surface area contributed by atoms with Gasteiger partial charge in [0, 0.05) is 38.1 Å². The van der Waals surface area contributed by atoms with Crippen molar-refractivity contribution in [2.75, 3.05) is 55.9 Å². The van der Waals surface area contributed by atoms with E-state index in [0.29, 0.717) is 48.0 Å². The zero-order valence-corrected chi connectivity index (χ0v) is 19.1. The molecule has 3 heterocycles. The van der Waals surface area contributed by atoms with E-state index in [1.54, 1.807) is 24.3 Å². The second-order valence-corrected chi connectivity index (χ2v) is 8.87. The SMILES string of the molecule is CC1COc2c(N3CCN(C)CC3)c(F)cc3c(=O)c(C(=O)NNc4cccc(N)c4)cn1c23. The molecule has 2 aliphatic rings. The number of nitrogen functional groups attached to an aromatic ring is 1. The van der Waals surface area contributed by atoms with Gasteiger partial charge in [-0.15, -0.1) is 0 Å². The van der Waals surface area contributed by atoms with Crippen molar-refractivity contribution in [1.82, 2.24) is 14.9 Å². The number of piperazine rings is 1. The molecule has 1 unspecified atom stereocenters. The first kappa shape index (κ1) is 22.0. The van der Waals surface area contributed by atoms with Crippen molar-refractivity contribution in [1.29, 1.82) is 0 Å². The Bertz CT molecular complexity index is 1330. The van der Waals surface area contributed by atoms with Crippen molar-refractivity contribution >= 4 is 33.9 Å². The highest BCUT2D eigenvalue weighted by atomic mass is 19.1. The van der Waals surface area contributed by atoms with Crippen LogP contribution in [0.4, 0.5) is 21.5 Å². The quantitative estimate of drug-likeness (QED) is 0.400. The summed E-state index contributed by atoms with van der Waals surface area (Å²) in [6, 6.07) is 7.93. The highest BCUT2D eigenvalue weighted by molar-refractivity contribution is 6.00. The number of likely N-dealkylation sites (N-methyl/N-ethyl adjacent to an activating group) is 1. The minimum Gasteiger partial charge on any atom is -0.487 e. The molecule has 0 bridgehead atoms. The lowest BCUT2D eigenvalue weighted by atomic mass is 10.0. The van der Waals surface area contributed by atoms with Crippen molar-refractivity contribution in [3.63, 3.8) is 0 Å². The number of nitrogens with zero attached hydrogens (tertiary/aromatic N) is 3. The lowest BCUT2D eigenvalue weighted by Gasteiger charge is -2.37. The molecule has 34 heavy (non-hydrogen) atoms. The number of nitrogens with one attached hydrogen (secondary N) is 2. The molecule has 1 amide bonds. The Morgan fingerprint density at radius 3 is 2.71 bits per heavy atom. The Morgan fingerprint density at radius 1 is 1.21 bits per heavy atom. The van der Waals surface area contributed by atoms with E-state index in [0.717, 1.165) is 13.1 Å². The second kappa shape index (κ2) is 8.53. The van der Waals surface area contributed by atoms with Gasteiger partial charge in [0.25, 0.3) is 5.91 Å². The number of amides is 1. The summed E-state index contributed by atoms with van der Waals surface area (Å²) in [6.45, 7) is 5.16. The molecule has 0 aliphatic carbocycles. The molecule has 5 rings (SSSR count). The normalized spacial score (nSPS) is 18.0. The molecule has 0 radical (unpaired) electrons. The number of hydrazine groups is 1. The van der Waals surface area contributed by atoms with Crippen LogP contribution in [-0.4, -0.2) is 55.2 Å². The Hall–Kier alpha value is -3.79. The highest BCUT2D eigenvalue weighted by Gasteiger charge is 2.31. The Labute approximate surface area is 195 Å². The summed E-state index contributed by atoms with van der Waals surface area (Å²) in [5.41, 5.74) is 12.4. The monoisotopic (exact) mass is 466 g/mol. The van der Waals surface area contributed by atoms with Crippen LogP contribution in [0.25, 0.3) is 10.9 Å². The van der Waals surface area contributed by atoms with E-state index in [1.165, 1.54) is 12.3 Å². The molecule has 1 atom stereocenters. The van der Waals surface area contributed by atoms with Gasteiger partial charge in [-0.25, -0.2) is 4.39 Å². The van der Waals surface area contributed by atoms with Crippen LogP contribution in [0.5, 0.6) is 5.75 Å².